The molecule has 0 aromatic heterocycles. The Morgan fingerprint density at radius 3 is 2.10 bits per heavy atom. The molecule has 1 unspecified atom stereocenters. The van der Waals surface area contributed by atoms with E-state index in [2.05, 4.69) is 16.0 Å². The van der Waals surface area contributed by atoms with Crippen molar-refractivity contribution in [2.24, 2.45) is 0 Å². The lowest BCUT2D eigenvalue weighted by molar-refractivity contribution is -0.119. The molecule has 2 aromatic carbocycles. The lowest BCUT2D eigenvalue weighted by Gasteiger charge is -2.15. The zero-order valence-electron chi connectivity index (χ0n) is 17.4. The number of carbonyl (C=O) groups is 2. The van der Waals surface area contributed by atoms with E-state index in [1.165, 1.54) is 0 Å². The number of carbonyl (C=O) groups excluding carboxylic acids is 2. The highest BCUT2D eigenvalue weighted by atomic mass is 32.2. The van der Waals surface area contributed by atoms with E-state index in [0.717, 1.165) is 18.4 Å². The molecule has 1 atom stereocenters. The second-order valence-electron chi connectivity index (χ2n) is 7.16. The fourth-order valence-electron chi connectivity index (χ4n) is 2.88. The van der Waals surface area contributed by atoms with E-state index in [9.17, 15) is 18.0 Å². The van der Waals surface area contributed by atoms with Crippen LogP contribution in [0.3, 0.4) is 0 Å². The van der Waals surface area contributed by atoms with Crippen LogP contribution < -0.4 is 16.0 Å². The Kier molecular flexibility index (Phi) is 8.86. The number of urea groups is 1. The van der Waals surface area contributed by atoms with Gasteiger partial charge >= 0.3 is 6.03 Å². The Bertz CT molecular complexity index is 929. The van der Waals surface area contributed by atoms with Gasteiger partial charge in [0, 0.05) is 11.4 Å². The van der Waals surface area contributed by atoms with Crippen molar-refractivity contribution in [3.63, 3.8) is 0 Å². The summed E-state index contributed by atoms with van der Waals surface area (Å²) in [5.41, 5.74) is 2.09. The number of rotatable bonds is 10. The van der Waals surface area contributed by atoms with Gasteiger partial charge in [0.1, 0.15) is 5.75 Å². The Balaban J connectivity index is 1.84. The highest BCUT2D eigenvalue weighted by molar-refractivity contribution is 7.92. The standard InChI is InChI=1S/C22H29N3O4S/c1-3-4-8-15-30(28,29)16-21(26)23-17(2)18-11-13-20(14-12-18)25-22(27)24-19-9-6-5-7-10-19/h5-7,9-14,17H,3-4,8,15-16H2,1-2H3,(H,23,26)(H2,24,25,27). The molecule has 0 aliphatic heterocycles. The van der Waals surface area contributed by atoms with Gasteiger partial charge in [-0.25, -0.2) is 13.2 Å². The van der Waals surface area contributed by atoms with Gasteiger partial charge in [-0.05, 0) is 43.2 Å². The van der Waals surface area contributed by atoms with Crippen molar-refractivity contribution in [1.29, 1.82) is 0 Å². The van der Waals surface area contributed by atoms with Crippen LogP contribution in [0.4, 0.5) is 16.2 Å². The van der Waals surface area contributed by atoms with Crippen LogP contribution in [-0.2, 0) is 14.6 Å². The summed E-state index contributed by atoms with van der Waals surface area (Å²) in [5, 5.41) is 8.18. The molecule has 0 saturated heterocycles. The third-order valence-corrected chi connectivity index (χ3v) is 6.10. The number of nitrogens with one attached hydrogen (secondary N) is 3. The van der Waals surface area contributed by atoms with Crippen molar-refractivity contribution in [2.45, 2.75) is 39.2 Å². The third kappa shape index (κ3) is 8.24. The zero-order chi connectivity index (χ0) is 22.0. The predicted molar refractivity (Wildman–Crippen MR) is 120 cm³/mol. The van der Waals surface area contributed by atoms with Gasteiger partial charge in [-0.1, -0.05) is 50.1 Å². The molecule has 8 heteroatoms. The van der Waals surface area contributed by atoms with Gasteiger partial charge in [0.25, 0.3) is 0 Å². The van der Waals surface area contributed by atoms with Gasteiger partial charge in [0.15, 0.2) is 9.84 Å². The van der Waals surface area contributed by atoms with Gasteiger partial charge in [0.2, 0.25) is 5.91 Å². The molecule has 3 N–H and O–H groups in total. The Hall–Kier alpha value is -2.87. The number of unbranched alkanes of at least 4 members (excludes halogenated alkanes) is 2. The van der Waals surface area contributed by atoms with Crippen LogP contribution in [-0.4, -0.2) is 31.9 Å². The van der Waals surface area contributed by atoms with Crippen LogP contribution in [0.15, 0.2) is 54.6 Å². The molecule has 0 bridgehead atoms. The van der Waals surface area contributed by atoms with Crippen molar-refractivity contribution in [2.75, 3.05) is 22.1 Å². The van der Waals surface area contributed by atoms with Crippen LogP contribution in [0.5, 0.6) is 0 Å². The van der Waals surface area contributed by atoms with E-state index in [1.54, 1.807) is 43.3 Å². The quantitative estimate of drug-likeness (QED) is 0.492. The minimum absolute atomic E-state index is 0.0358. The summed E-state index contributed by atoms with van der Waals surface area (Å²) >= 11 is 0. The maximum atomic E-state index is 12.1. The van der Waals surface area contributed by atoms with E-state index in [-0.39, 0.29) is 17.8 Å². The molecule has 162 valence electrons. The van der Waals surface area contributed by atoms with E-state index < -0.39 is 21.5 Å². The molecule has 7 nitrogen and oxygen atoms in total. The van der Waals surface area contributed by atoms with E-state index >= 15 is 0 Å². The van der Waals surface area contributed by atoms with Crippen molar-refractivity contribution in [3.05, 3.63) is 60.2 Å². The molecule has 0 radical (unpaired) electrons. The van der Waals surface area contributed by atoms with Crippen LogP contribution in [0.25, 0.3) is 0 Å². The van der Waals surface area contributed by atoms with Crippen molar-refractivity contribution in [3.8, 4) is 0 Å². The van der Waals surface area contributed by atoms with E-state index in [0.29, 0.717) is 17.8 Å². The maximum absolute atomic E-state index is 12.1. The van der Waals surface area contributed by atoms with Crippen molar-refractivity contribution in [1.82, 2.24) is 5.32 Å². The molecule has 0 fully saturated rings. The van der Waals surface area contributed by atoms with Crippen LogP contribution in [0, 0.1) is 0 Å². The molecule has 2 aromatic rings. The highest BCUT2D eigenvalue weighted by Gasteiger charge is 2.18. The summed E-state index contributed by atoms with van der Waals surface area (Å²) in [7, 11) is -3.39. The minimum Gasteiger partial charge on any atom is -0.349 e. The summed E-state index contributed by atoms with van der Waals surface area (Å²) in [6.45, 7) is 3.78. The number of sulfone groups is 1. The first kappa shape index (κ1) is 23.4. The zero-order valence-corrected chi connectivity index (χ0v) is 18.2. The molecule has 0 saturated carbocycles. The Morgan fingerprint density at radius 2 is 1.50 bits per heavy atom. The first-order valence-electron chi connectivity index (χ1n) is 10.0. The van der Waals surface area contributed by atoms with Gasteiger partial charge in [-0.2, -0.15) is 0 Å². The molecule has 0 aliphatic rings. The van der Waals surface area contributed by atoms with Gasteiger partial charge in [-0.3, -0.25) is 4.79 Å². The molecule has 0 heterocycles. The predicted octanol–water partition coefficient (Wildman–Crippen LogP) is 4.11. The summed E-state index contributed by atoms with van der Waals surface area (Å²) in [6.07, 6.45) is 2.34. The van der Waals surface area contributed by atoms with Crippen molar-refractivity contribution >= 4 is 33.2 Å². The van der Waals surface area contributed by atoms with Crippen LogP contribution in [0.2, 0.25) is 0 Å². The second-order valence-corrected chi connectivity index (χ2v) is 9.34. The number of hydrogen-bond donors (Lipinski definition) is 3. The van der Waals surface area contributed by atoms with Gasteiger partial charge in [-0.15, -0.1) is 0 Å². The van der Waals surface area contributed by atoms with Gasteiger partial charge in [0.05, 0.1) is 11.8 Å². The van der Waals surface area contributed by atoms with Crippen molar-refractivity contribution < 1.29 is 18.0 Å². The SMILES string of the molecule is CCCCCS(=O)(=O)CC(=O)NC(C)c1ccc(NC(=O)Nc2ccccc2)cc1. The van der Waals surface area contributed by atoms with E-state index in [4.69, 9.17) is 0 Å². The Morgan fingerprint density at radius 1 is 0.900 bits per heavy atom. The molecular weight excluding hydrogens is 402 g/mol. The monoisotopic (exact) mass is 431 g/mol. The molecule has 2 rings (SSSR count). The second kappa shape index (κ2) is 11.3. The lowest BCUT2D eigenvalue weighted by atomic mass is 10.1. The number of para-hydroxylation sites is 1. The maximum Gasteiger partial charge on any atom is 0.323 e. The molecule has 0 aliphatic carbocycles. The minimum atomic E-state index is -3.39. The normalized spacial score (nSPS) is 12.1. The summed E-state index contributed by atoms with van der Waals surface area (Å²) in [4.78, 5) is 24.1. The van der Waals surface area contributed by atoms with Crippen LogP contribution in [0.1, 0.15) is 44.7 Å². The summed E-state index contributed by atoms with van der Waals surface area (Å²) in [6, 6.07) is 15.4. The molecular formula is C22H29N3O4S. The fourth-order valence-corrected chi connectivity index (χ4v) is 4.15. The fraction of sp³-hybridized carbons (Fsp3) is 0.364. The molecule has 0 spiro atoms. The van der Waals surface area contributed by atoms with Gasteiger partial charge < -0.3 is 16.0 Å². The molecule has 30 heavy (non-hydrogen) atoms. The highest BCUT2D eigenvalue weighted by Crippen LogP contribution is 2.17. The summed E-state index contributed by atoms with van der Waals surface area (Å²) in [5.74, 6) is -0.975. The average molecular weight is 432 g/mol. The first-order valence-corrected chi connectivity index (χ1v) is 11.8. The average Bonchev–Trinajstić information content (AvgIpc) is 2.68. The Labute approximate surface area is 178 Å². The first-order chi connectivity index (χ1) is 14.3. The smallest absolute Gasteiger partial charge is 0.323 e. The number of benzene rings is 2. The van der Waals surface area contributed by atoms with Crippen LogP contribution >= 0.6 is 0 Å². The largest absolute Gasteiger partial charge is 0.349 e. The molecule has 3 amide bonds. The summed E-state index contributed by atoms with van der Waals surface area (Å²) < 4.78 is 24.0. The number of anilines is 2. The topological polar surface area (TPSA) is 104 Å². The third-order valence-electron chi connectivity index (χ3n) is 4.49. The number of amides is 3. The lowest BCUT2D eigenvalue weighted by Crippen LogP contribution is -2.33. The number of hydrogen-bond acceptors (Lipinski definition) is 4. The van der Waals surface area contributed by atoms with E-state index in [1.807, 2.05) is 25.1 Å².